The van der Waals surface area contributed by atoms with Crippen molar-refractivity contribution in [1.82, 2.24) is 0 Å². The zero-order valence-electron chi connectivity index (χ0n) is 10.8. The first-order valence-electron chi connectivity index (χ1n) is 7.52. The molecule has 0 saturated heterocycles. The van der Waals surface area contributed by atoms with E-state index < -0.39 is 0 Å². The van der Waals surface area contributed by atoms with Crippen molar-refractivity contribution in [2.24, 2.45) is 28.9 Å². The molecule has 0 aromatic rings. The van der Waals surface area contributed by atoms with Gasteiger partial charge in [0, 0.05) is 6.04 Å². The first-order chi connectivity index (χ1) is 7.76. The Morgan fingerprint density at radius 3 is 2.81 bits per heavy atom. The second kappa shape index (κ2) is 4.01. The summed E-state index contributed by atoms with van der Waals surface area (Å²) >= 11 is 0. The van der Waals surface area contributed by atoms with Crippen molar-refractivity contribution in [3.8, 4) is 0 Å². The van der Waals surface area contributed by atoms with Crippen molar-refractivity contribution in [3.63, 3.8) is 0 Å². The molecule has 3 saturated carbocycles. The van der Waals surface area contributed by atoms with Crippen LogP contribution in [0.5, 0.6) is 0 Å². The highest BCUT2D eigenvalue weighted by atomic mass is 14.8. The van der Waals surface area contributed by atoms with Gasteiger partial charge >= 0.3 is 0 Å². The Labute approximate surface area is 100 Å². The second-order valence-electron chi connectivity index (χ2n) is 6.78. The minimum absolute atomic E-state index is 0.561. The molecule has 2 bridgehead atoms. The number of nitrogens with two attached hydrogens (primary N) is 1. The molecular formula is C15H27N. The SMILES string of the molecule is CCC[C@H]1CCC[C@@]2(C1)C1CC[C@H](C1)[C@H]2N. The van der Waals surface area contributed by atoms with E-state index in [4.69, 9.17) is 5.73 Å². The average molecular weight is 221 g/mol. The molecule has 1 heteroatoms. The predicted octanol–water partition coefficient (Wildman–Crippen LogP) is 3.72. The highest BCUT2D eigenvalue weighted by Gasteiger charge is 2.57. The van der Waals surface area contributed by atoms with E-state index in [0.29, 0.717) is 11.5 Å². The van der Waals surface area contributed by atoms with E-state index in [1.54, 1.807) is 0 Å². The molecule has 1 unspecified atom stereocenters. The normalized spacial score (nSPS) is 51.4. The standard InChI is InChI=1S/C15H27N/c1-2-4-11-5-3-8-15(10-11)13-7-6-12(9-13)14(15)16/h11-14H,2-10,16H2,1H3/t11-,12+,13?,14+,15+/m0/s1. The van der Waals surface area contributed by atoms with E-state index in [2.05, 4.69) is 6.92 Å². The van der Waals surface area contributed by atoms with Gasteiger partial charge in [0.2, 0.25) is 0 Å². The highest BCUT2D eigenvalue weighted by Crippen LogP contribution is 2.62. The van der Waals surface area contributed by atoms with E-state index in [1.807, 2.05) is 0 Å². The molecule has 3 rings (SSSR count). The zero-order valence-corrected chi connectivity index (χ0v) is 10.8. The Balaban J connectivity index is 1.77. The van der Waals surface area contributed by atoms with Gasteiger partial charge in [0.1, 0.15) is 0 Å². The topological polar surface area (TPSA) is 26.0 Å². The molecule has 3 aliphatic rings. The summed E-state index contributed by atoms with van der Waals surface area (Å²) in [4.78, 5) is 0. The van der Waals surface area contributed by atoms with Crippen LogP contribution in [0.3, 0.4) is 0 Å². The third-order valence-corrected chi connectivity index (χ3v) is 6.08. The number of rotatable bonds is 2. The molecule has 0 aromatic carbocycles. The third-order valence-electron chi connectivity index (χ3n) is 6.08. The highest BCUT2D eigenvalue weighted by molar-refractivity contribution is 5.09. The van der Waals surface area contributed by atoms with E-state index in [-0.39, 0.29) is 0 Å². The lowest BCUT2D eigenvalue weighted by Gasteiger charge is -2.48. The van der Waals surface area contributed by atoms with Gasteiger partial charge in [0.05, 0.1) is 0 Å². The lowest BCUT2D eigenvalue weighted by atomic mass is 9.59. The largest absolute Gasteiger partial charge is 0.327 e. The van der Waals surface area contributed by atoms with Gasteiger partial charge in [0.25, 0.3) is 0 Å². The second-order valence-corrected chi connectivity index (χ2v) is 6.78. The molecule has 3 aliphatic carbocycles. The summed E-state index contributed by atoms with van der Waals surface area (Å²) < 4.78 is 0. The summed E-state index contributed by atoms with van der Waals surface area (Å²) in [7, 11) is 0. The van der Waals surface area contributed by atoms with Crippen molar-refractivity contribution in [2.75, 3.05) is 0 Å². The van der Waals surface area contributed by atoms with E-state index >= 15 is 0 Å². The summed E-state index contributed by atoms with van der Waals surface area (Å²) in [6, 6.07) is 0.561. The third kappa shape index (κ3) is 1.47. The minimum Gasteiger partial charge on any atom is -0.327 e. The Hall–Kier alpha value is -0.0400. The van der Waals surface area contributed by atoms with Crippen LogP contribution in [0.4, 0.5) is 0 Å². The number of hydrogen-bond donors (Lipinski definition) is 1. The van der Waals surface area contributed by atoms with Crippen LogP contribution in [0, 0.1) is 23.2 Å². The first kappa shape index (κ1) is 11.1. The van der Waals surface area contributed by atoms with Gasteiger partial charge in [-0.2, -0.15) is 0 Å². The Kier molecular flexibility index (Phi) is 2.78. The summed E-state index contributed by atoms with van der Waals surface area (Å²) in [5, 5.41) is 0. The van der Waals surface area contributed by atoms with Crippen LogP contribution >= 0.6 is 0 Å². The Bertz CT molecular complexity index is 256. The van der Waals surface area contributed by atoms with Crippen LogP contribution < -0.4 is 5.73 Å². The average Bonchev–Trinajstić information content (AvgIpc) is 2.84. The predicted molar refractivity (Wildman–Crippen MR) is 68.1 cm³/mol. The minimum atomic E-state index is 0.561. The molecule has 1 spiro atoms. The first-order valence-corrected chi connectivity index (χ1v) is 7.52. The molecule has 16 heavy (non-hydrogen) atoms. The molecular weight excluding hydrogens is 194 g/mol. The van der Waals surface area contributed by atoms with Crippen LogP contribution in [-0.2, 0) is 0 Å². The Morgan fingerprint density at radius 2 is 2.12 bits per heavy atom. The fraction of sp³-hybridized carbons (Fsp3) is 1.00. The zero-order chi connectivity index (χ0) is 11.2. The molecule has 0 amide bonds. The van der Waals surface area contributed by atoms with Crippen molar-refractivity contribution < 1.29 is 0 Å². The van der Waals surface area contributed by atoms with Crippen molar-refractivity contribution in [1.29, 1.82) is 0 Å². The molecule has 0 radical (unpaired) electrons. The molecule has 0 aliphatic heterocycles. The molecule has 5 atom stereocenters. The summed E-state index contributed by atoms with van der Waals surface area (Å²) in [5.74, 6) is 2.90. The van der Waals surface area contributed by atoms with Gasteiger partial charge in [-0.15, -0.1) is 0 Å². The molecule has 2 N–H and O–H groups in total. The smallest absolute Gasteiger partial charge is 0.0127 e. The number of hydrogen-bond acceptors (Lipinski definition) is 1. The number of fused-ring (bicyclic) bond motifs is 3. The van der Waals surface area contributed by atoms with Crippen LogP contribution in [-0.4, -0.2) is 6.04 Å². The fourth-order valence-electron chi connectivity index (χ4n) is 5.40. The maximum Gasteiger partial charge on any atom is 0.0127 e. The maximum atomic E-state index is 6.59. The van der Waals surface area contributed by atoms with Crippen molar-refractivity contribution >= 4 is 0 Å². The monoisotopic (exact) mass is 221 g/mol. The summed E-state index contributed by atoms with van der Waals surface area (Å²) in [5.41, 5.74) is 7.19. The van der Waals surface area contributed by atoms with Crippen LogP contribution in [0.1, 0.15) is 64.7 Å². The maximum absolute atomic E-state index is 6.59. The van der Waals surface area contributed by atoms with Crippen LogP contribution in [0.15, 0.2) is 0 Å². The van der Waals surface area contributed by atoms with Gasteiger partial charge in [-0.1, -0.05) is 32.6 Å². The fourth-order valence-corrected chi connectivity index (χ4v) is 5.40. The molecule has 1 nitrogen and oxygen atoms in total. The molecule has 92 valence electrons. The molecule has 3 fully saturated rings. The van der Waals surface area contributed by atoms with Crippen LogP contribution in [0.2, 0.25) is 0 Å². The summed E-state index contributed by atoms with van der Waals surface area (Å²) in [6.45, 7) is 2.34. The summed E-state index contributed by atoms with van der Waals surface area (Å²) in [6.07, 6.45) is 13.1. The molecule has 0 heterocycles. The van der Waals surface area contributed by atoms with E-state index in [0.717, 1.165) is 17.8 Å². The van der Waals surface area contributed by atoms with Gasteiger partial charge in [-0.3, -0.25) is 0 Å². The lowest BCUT2D eigenvalue weighted by molar-refractivity contribution is 0.0456. The van der Waals surface area contributed by atoms with E-state index in [1.165, 1.54) is 57.8 Å². The van der Waals surface area contributed by atoms with Crippen LogP contribution in [0.25, 0.3) is 0 Å². The van der Waals surface area contributed by atoms with Gasteiger partial charge in [0.15, 0.2) is 0 Å². The molecule has 0 aromatic heterocycles. The van der Waals surface area contributed by atoms with Gasteiger partial charge < -0.3 is 5.73 Å². The Morgan fingerprint density at radius 1 is 1.25 bits per heavy atom. The van der Waals surface area contributed by atoms with Gasteiger partial charge in [-0.05, 0) is 55.3 Å². The van der Waals surface area contributed by atoms with Gasteiger partial charge in [-0.25, -0.2) is 0 Å². The van der Waals surface area contributed by atoms with E-state index in [9.17, 15) is 0 Å². The quantitative estimate of drug-likeness (QED) is 0.755. The van der Waals surface area contributed by atoms with Crippen molar-refractivity contribution in [2.45, 2.75) is 70.8 Å². The van der Waals surface area contributed by atoms with Crippen molar-refractivity contribution in [3.05, 3.63) is 0 Å². The lowest BCUT2D eigenvalue weighted by Crippen LogP contribution is -2.48.